The Morgan fingerprint density at radius 3 is 2.00 bits per heavy atom. The minimum atomic E-state index is 0. The normalized spacial score (nSPS) is 10.5. The van der Waals surface area contributed by atoms with Crippen molar-refractivity contribution in [1.29, 1.82) is 0 Å². The molecule has 0 N–H and O–H groups in total. The molecule has 9 heteroatoms. The maximum atomic E-state index is 5.77. The third kappa shape index (κ3) is 5.06. The summed E-state index contributed by atoms with van der Waals surface area (Å²) in [4.78, 5) is 8.06. The zero-order valence-corrected chi connectivity index (χ0v) is 15.7. The Balaban J connectivity index is 0.000000184. The molecule has 0 radical (unpaired) electrons. The Morgan fingerprint density at radius 1 is 0.808 bits per heavy atom. The van der Waals surface area contributed by atoms with Gasteiger partial charge in [0, 0.05) is 0 Å². The fourth-order valence-electron chi connectivity index (χ4n) is 2.21. The van der Waals surface area contributed by atoms with Gasteiger partial charge in [-0.2, -0.15) is 10.2 Å². The van der Waals surface area contributed by atoms with E-state index < -0.39 is 0 Å². The second-order valence-electron chi connectivity index (χ2n) is 5.32. The van der Waals surface area contributed by atoms with E-state index >= 15 is 0 Å². The molecular formula is C17H19Cl3N6. The smallest absolute Gasteiger partial charge is 0.155 e. The van der Waals surface area contributed by atoms with Crippen LogP contribution in [0, 0.1) is 0 Å². The Hall–Kier alpha value is -1.89. The molecule has 4 aromatic heterocycles. The Morgan fingerprint density at radius 2 is 1.38 bits per heavy atom. The van der Waals surface area contributed by atoms with Crippen LogP contribution in [0.3, 0.4) is 0 Å². The SMILES string of the molecule is C.CCCCc1ccc2nc(Cl)cn2n1.Clc1cn2nc(Cl)ccc2n1. The fourth-order valence-corrected chi connectivity index (χ4v) is 2.72. The van der Waals surface area contributed by atoms with Crippen LogP contribution < -0.4 is 0 Å². The quantitative estimate of drug-likeness (QED) is 0.451. The van der Waals surface area contributed by atoms with Gasteiger partial charge in [-0.15, -0.1) is 0 Å². The van der Waals surface area contributed by atoms with Gasteiger partial charge in [0.15, 0.2) is 11.3 Å². The largest absolute Gasteiger partial charge is 0.219 e. The van der Waals surface area contributed by atoms with Gasteiger partial charge >= 0.3 is 0 Å². The van der Waals surface area contributed by atoms with Crippen molar-refractivity contribution in [3.63, 3.8) is 0 Å². The molecule has 0 unspecified atom stereocenters. The number of hydrogen-bond acceptors (Lipinski definition) is 4. The lowest BCUT2D eigenvalue weighted by Gasteiger charge is -1.98. The van der Waals surface area contributed by atoms with Gasteiger partial charge in [0.25, 0.3) is 0 Å². The second-order valence-corrected chi connectivity index (χ2v) is 6.48. The van der Waals surface area contributed by atoms with Crippen molar-refractivity contribution in [3.05, 3.63) is 57.8 Å². The number of aryl methyl sites for hydroxylation is 1. The summed E-state index contributed by atoms with van der Waals surface area (Å²) < 4.78 is 3.26. The minimum Gasteiger partial charge on any atom is -0.219 e. The first-order chi connectivity index (χ1) is 12.0. The molecule has 0 atom stereocenters. The third-order valence-corrected chi connectivity index (χ3v) is 3.96. The number of hydrogen-bond donors (Lipinski definition) is 0. The van der Waals surface area contributed by atoms with E-state index in [1.807, 2.05) is 12.1 Å². The van der Waals surface area contributed by atoms with E-state index in [1.54, 1.807) is 29.0 Å². The molecule has 0 spiro atoms. The van der Waals surface area contributed by atoms with Crippen LogP contribution in [-0.4, -0.2) is 29.2 Å². The number of halogens is 3. The van der Waals surface area contributed by atoms with E-state index in [0.29, 0.717) is 21.1 Å². The highest BCUT2D eigenvalue weighted by Gasteiger charge is 2.01. The Labute approximate surface area is 166 Å². The lowest BCUT2D eigenvalue weighted by molar-refractivity contribution is 0.748. The summed E-state index contributed by atoms with van der Waals surface area (Å²) >= 11 is 17.0. The number of aromatic nitrogens is 6. The zero-order chi connectivity index (χ0) is 17.8. The summed E-state index contributed by atoms with van der Waals surface area (Å²) in [6.07, 6.45) is 6.70. The van der Waals surface area contributed by atoms with Gasteiger partial charge in [-0.25, -0.2) is 19.0 Å². The van der Waals surface area contributed by atoms with E-state index in [2.05, 4.69) is 27.1 Å². The van der Waals surface area contributed by atoms with Crippen LogP contribution in [0.15, 0.2) is 36.7 Å². The summed E-state index contributed by atoms with van der Waals surface area (Å²) in [6.45, 7) is 2.17. The topological polar surface area (TPSA) is 60.4 Å². The Bertz CT molecular complexity index is 995. The van der Waals surface area contributed by atoms with E-state index in [4.69, 9.17) is 34.8 Å². The molecule has 0 fully saturated rings. The van der Waals surface area contributed by atoms with E-state index in [1.165, 1.54) is 17.4 Å². The van der Waals surface area contributed by atoms with Gasteiger partial charge in [0.2, 0.25) is 0 Å². The minimum absolute atomic E-state index is 0. The Kier molecular flexibility index (Phi) is 7.20. The van der Waals surface area contributed by atoms with Gasteiger partial charge in [-0.3, -0.25) is 0 Å². The van der Waals surface area contributed by atoms with Crippen molar-refractivity contribution in [2.45, 2.75) is 33.6 Å². The number of rotatable bonds is 3. The van der Waals surface area contributed by atoms with Gasteiger partial charge in [0.05, 0.1) is 18.1 Å². The van der Waals surface area contributed by atoms with E-state index in [9.17, 15) is 0 Å². The molecule has 0 aliphatic rings. The first-order valence-electron chi connectivity index (χ1n) is 7.73. The molecule has 138 valence electrons. The maximum Gasteiger partial charge on any atom is 0.155 e. The van der Waals surface area contributed by atoms with Crippen LogP contribution in [0.5, 0.6) is 0 Å². The average molecular weight is 414 g/mol. The lowest BCUT2D eigenvalue weighted by atomic mass is 10.2. The van der Waals surface area contributed by atoms with E-state index in [-0.39, 0.29) is 7.43 Å². The summed E-state index contributed by atoms with van der Waals surface area (Å²) in [5, 5.41) is 9.66. The maximum absolute atomic E-state index is 5.77. The van der Waals surface area contributed by atoms with Gasteiger partial charge in [-0.05, 0) is 37.1 Å². The molecule has 4 aromatic rings. The van der Waals surface area contributed by atoms with Crippen molar-refractivity contribution in [2.24, 2.45) is 0 Å². The third-order valence-electron chi connectivity index (χ3n) is 3.39. The van der Waals surface area contributed by atoms with Crippen molar-refractivity contribution in [1.82, 2.24) is 29.2 Å². The monoisotopic (exact) mass is 412 g/mol. The predicted molar refractivity (Wildman–Crippen MR) is 106 cm³/mol. The molecular weight excluding hydrogens is 395 g/mol. The van der Waals surface area contributed by atoms with E-state index in [0.717, 1.165) is 17.8 Å². The molecule has 0 aliphatic carbocycles. The number of fused-ring (bicyclic) bond motifs is 2. The first-order valence-corrected chi connectivity index (χ1v) is 8.87. The summed E-state index contributed by atoms with van der Waals surface area (Å²) in [6, 6.07) is 7.37. The van der Waals surface area contributed by atoms with Crippen LogP contribution >= 0.6 is 34.8 Å². The summed E-state index contributed by atoms with van der Waals surface area (Å²) in [5.41, 5.74) is 2.59. The van der Waals surface area contributed by atoms with Crippen molar-refractivity contribution >= 4 is 46.1 Å². The fraction of sp³-hybridized carbons (Fsp3) is 0.294. The van der Waals surface area contributed by atoms with Gasteiger partial charge in [-0.1, -0.05) is 55.6 Å². The van der Waals surface area contributed by atoms with Crippen LogP contribution in [0.4, 0.5) is 0 Å². The molecule has 0 saturated heterocycles. The highest BCUT2D eigenvalue weighted by Crippen LogP contribution is 2.11. The first kappa shape index (κ1) is 20.4. The molecule has 0 amide bonds. The highest BCUT2D eigenvalue weighted by atomic mass is 35.5. The lowest BCUT2D eigenvalue weighted by Crippen LogP contribution is -1.96. The molecule has 0 bridgehead atoms. The van der Waals surface area contributed by atoms with Gasteiger partial charge < -0.3 is 0 Å². The molecule has 0 saturated carbocycles. The molecule has 4 rings (SSSR count). The second kappa shape index (κ2) is 9.16. The molecule has 0 aromatic carbocycles. The average Bonchev–Trinajstić information content (AvgIpc) is 3.13. The van der Waals surface area contributed by atoms with Crippen LogP contribution in [0.25, 0.3) is 11.3 Å². The molecule has 26 heavy (non-hydrogen) atoms. The standard InChI is InChI=1S/C10H12ClN3.C6H3Cl2N3.CH4/c1-2-3-4-8-5-6-10-12-9(11)7-14(10)13-8;7-4-1-2-6-9-5(8)3-11(6)10-4;/h5-7H,2-4H2,1H3;1-3H;1H4. The zero-order valence-electron chi connectivity index (χ0n) is 13.4. The summed E-state index contributed by atoms with van der Waals surface area (Å²) in [7, 11) is 0. The van der Waals surface area contributed by atoms with Crippen molar-refractivity contribution in [2.75, 3.05) is 0 Å². The molecule has 0 aliphatic heterocycles. The van der Waals surface area contributed by atoms with Crippen LogP contribution in [0.2, 0.25) is 15.5 Å². The number of unbranched alkanes of at least 4 members (excludes halogenated alkanes) is 1. The molecule has 6 nitrogen and oxygen atoms in total. The van der Waals surface area contributed by atoms with Crippen LogP contribution in [0.1, 0.15) is 32.9 Å². The van der Waals surface area contributed by atoms with Crippen LogP contribution in [-0.2, 0) is 6.42 Å². The number of nitrogens with zero attached hydrogens (tertiary/aromatic N) is 6. The summed E-state index contributed by atoms with van der Waals surface area (Å²) in [5.74, 6) is 0. The van der Waals surface area contributed by atoms with Gasteiger partial charge in [0.1, 0.15) is 15.5 Å². The van der Waals surface area contributed by atoms with Crippen molar-refractivity contribution in [3.8, 4) is 0 Å². The predicted octanol–water partition coefficient (Wildman–Crippen LogP) is 5.40. The number of imidazole rings is 2. The highest BCUT2D eigenvalue weighted by molar-refractivity contribution is 6.30. The molecule has 4 heterocycles. The van der Waals surface area contributed by atoms with Crippen molar-refractivity contribution < 1.29 is 0 Å².